The number of benzene rings is 1. The molecule has 0 atom stereocenters. The Morgan fingerprint density at radius 2 is 1.91 bits per heavy atom. The molecule has 0 amide bonds. The fourth-order valence-corrected chi connectivity index (χ4v) is 4.17. The zero-order chi connectivity index (χ0) is 16.0. The van der Waals surface area contributed by atoms with Crippen LogP contribution in [0.4, 0.5) is 0 Å². The van der Waals surface area contributed by atoms with E-state index in [1.165, 1.54) is 11.4 Å². The second-order valence-corrected chi connectivity index (χ2v) is 7.17. The van der Waals surface area contributed by atoms with E-state index in [1.807, 2.05) is 0 Å². The number of nitrogens with zero attached hydrogens (tertiary/aromatic N) is 1. The van der Waals surface area contributed by atoms with Crippen LogP contribution in [0.25, 0.3) is 0 Å². The van der Waals surface area contributed by atoms with Crippen LogP contribution in [0.2, 0.25) is 0 Å². The van der Waals surface area contributed by atoms with Crippen LogP contribution in [-0.4, -0.2) is 52.2 Å². The summed E-state index contributed by atoms with van der Waals surface area (Å²) in [6.45, 7) is 2.18. The summed E-state index contributed by atoms with van der Waals surface area (Å²) in [5.41, 5.74) is 5.44. The SMILES string of the molecule is COc1ccccc1S(=O)(=O)N1CCC(OCCCN)CC1.Cl. The summed E-state index contributed by atoms with van der Waals surface area (Å²) >= 11 is 0. The number of rotatable bonds is 7. The zero-order valence-electron chi connectivity index (χ0n) is 13.3. The van der Waals surface area contributed by atoms with Crippen molar-refractivity contribution in [2.45, 2.75) is 30.3 Å². The molecule has 132 valence electrons. The van der Waals surface area contributed by atoms with Crippen LogP contribution < -0.4 is 10.5 Å². The number of piperidine rings is 1. The van der Waals surface area contributed by atoms with E-state index >= 15 is 0 Å². The molecule has 1 fully saturated rings. The van der Waals surface area contributed by atoms with E-state index < -0.39 is 10.0 Å². The Kier molecular flexibility index (Phi) is 8.28. The summed E-state index contributed by atoms with van der Waals surface area (Å²) in [4.78, 5) is 0.222. The maximum atomic E-state index is 12.7. The molecule has 1 saturated heterocycles. The Balaban J connectivity index is 0.00000264. The number of halogens is 1. The summed E-state index contributed by atoms with van der Waals surface area (Å²) in [5.74, 6) is 0.379. The fraction of sp³-hybridized carbons (Fsp3) is 0.600. The molecule has 23 heavy (non-hydrogen) atoms. The van der Waals surface area contributed by atoms with Gasteiger partial charge in [0.15, 0.2) is 0 Å². The van der Waals surface area contributed by atoms with Crippen molar-refractivity contribution in [1.82, 2.24) is 4.31 Å². The van der Waals surface area contributed by atoms with Crippen molar-refractivity contribution in [2.24, 2.45) is 5.73 Å². The van der Waals surface area contributed by atoms with E-state index in [4.69, 9.17) is 15.2 Å². The number of hydrogen-bond acceptors (Lipinski definition) is 5. The molecule has 0 aliphatic carbocycles. The molecule has 2 N–H and O–H groups in total. The Labute approximate surface area is 144 Å². The standard InChI is InChI=1S/C15H24N2O4S.ClH/c1-20-14-5-2-3-6-15(14)22(18,19)17-10-7-13(8-11-17)21-12-4-9-16;/h2-3,5-6,13H,4,7-12,16H2,1H3;1H. The highest BCUT2D eigenvalue weighted by molar-refractivity contribution is 7.89. The molecule has 0 aromatic heterocycles. The van der Waals surface area contributed by atoms with E-state index in [0.29, 0.717) is 44.8 Å². The molecule has 0 bridgehead atoms. The van der Waals surface area contributed by atoms with Crippen LogP contribution >= 0.6 is 12.4 Å². The van der Waals surface area contributed by atoms with Gasteiger partial charge in [-0.3, -0.25) is 0 Å². The molecule has 0 spiro atoms. The van der Waals surface area contributed by atoms with Gasteiger partial charge in [0.1, 0.15) is 10.6 Å². The zero-order valence-corrected chi connectivity index (χ0v) is 14.9. The van der Waals surface area contributed by atoms with Crippen molar-refractivity contribution in [3.63, 3.8) is 0 Å². The molecule has 0 unspecified atom stereocenters. The van der Waals surface area contributed by atoms with Crippen LogP contribution in [0.15, 0.2) is 29.2 Å². The van der Waals surface area contributed by atoms with Crippen LogP contribution in [0, 0.1) is 0 Å². The van der Waals surface area contributed by atoms with E-state index in [9.17, 15) is 8.42 Å². The maximum absolute atomic E-state index is 12.7. The molecule has 1 aliphatic rings. The van der Waals surface area contributed by atoms with E-state index in [0.717, 1.165) is 6.42 Å². The van der Waals surface area contributed by atoms with Gasteiger partial charge in [-0.2, -0.15) is 4.31 Å². The molecular formula is C15H25ClN2O4S. The first-order valence-corrected chi connectivity index (χ1v) is 8.98. The van der Waals surface area contributed by atoms with Crippen molar-refractivity contribution < 1.29 is 17.9 Å². The van der Waals surface area contributed by atoms with Gasteiger partial charge < -0.3 is 15.2 Å². The second kappa shape index (κ2) is 9.44. The first-order chi connectivity index (χ1) is 10.6. The number of hydrogen-bond donors (Lipinski definition) is 1. The predicted molar refractivity (Wildman–Crippen MR) is 91.6 cm³/mol. The normalized spacial score (nSPS) is 16.8. The molecule has 0 radical (unpaired) electrons. The average molecular weight is 365 g/mol. The van der Waals surface area contributed by atoms with Gasteiger partial charge in [-0.1, -0.05) is 12.1 Å². The lowest BCUT2D eigenvalue weighted by atomic mass is 10.1. The van der Waals surface area contributed by atoms with Gasteiger partial charge in [0.2, 0.25) is 10.0 Å². The van der Waals surface area contributed by atoms with Gasteiger partial charge >= 0.3 is 0 Å². The van der Waals surface area contributed by atoms with Crippen LogP contribution in [0.1, 0.15) is 19.3 Å². The highest BCUT2D eigenvalue weighted by Crippen LogP contribution is 2.28. The van der Waals surface area contributed by atoms with Crippen molar-refractivity contribution in [1.29, 1.82) is 0 Å². The number of ether oxygens (including phenoxy) is 2. The third kappa shape index (κ3) is 5.06. The highest BCUT2D eigenvalue weighted by Gasteiger charge is 2.31. The molecule has 2 rings (SSSR count). The number of methoxy groups -OCH3 is 1. The van der Waals surface area contributed by atoms with Crippen LogP contribution in [-0.2, 0) is 14.8 Å². The lowest BCUT2D eigenvalue weighted by molar-refractivity contribution is 0.0209. The Morgan fingerprint density at radius 1 is 1.26 bits per heavy atom. The van der Waals surface area contributed by atoms with E-state index in [-0.39, 0.29) is 23.4 Å². The van der Waals surface area contributed by atoms with Crippen molar-refractivity contribution in [3.8, 4) is 5.75 Å². The van der Waals surface area contributed by atoms with Crippen molar-refractivity contribution >= 4 is 22.4 Å². The van der Waals surface area contributed by atoms with Gasteiger partial charge in [-0.15, -0.1) is 12.4 Å². The summed E-state index contributed by atoms with van der Waals surface area (Å²) in [6.07, 6.45) is 2.37. The fourth-order valence-electron chi connectivity index (χ4n) is 2.54. The smallest absolute Gasteiger partial charge is 0.246 e. The molecule has 1 aromatic carbocycles. The van der Waals surface area contributed by atoms with Gasteiger partial charge in [0.05, 0.1) is 13.2 Å². The molecule has 1 heterocycles. The summed E-state index contributed by atoms with van der Waals surface area (Å²) < 4.78 is 37.8. The molecule has 1 aromatic rings. The van der Waals surface area contributed by atoms with Gasteiger partial charge in [0.25, 0.3) is 0 Å². The first-order valence-electron chi connectivity index (χ1n) is 7.54. The third-order valence-electron chi connectivity index (χ3n) is 3.79. The molecule has 0 saturated carbocycles. The van der Waals surface area contributed by atoms with E-state index in [2.05, 4.69) is 0 Å². The largest absolute Gasteiger partial charge is 0.495 e. The summed E-state index contributed by atoms with van der Waals surface area (Å²) in [5, 5.41) is 0. The molecular weight excluding hydrogens is 340 g/mol. The van der Waals surface area contributed by atoms with Crippen molar-refractivity contribution in [3.05, 3.63) is 24.3 Å². The first kappa shape index (κ1) is 20.2. The second-order valence-electron chi connectivity index (χ2n) is 5.27. The number of sulfonamides is 1. The lowest BCUT2D eigenvalue weighted by Crippen LogP contribution is -2.41. The van der Waals surface area contributed by atoms with E-state index in [1.54, 1.807) is 24.3 Å². The topological polar surface area (TPSA) is 81.9 Å². The third-order valence-corrected chi connectivity index (χ3v) is 5.73. The average Bonchev–Trinajstić information content (AvgIpc) is 2.55. The summed E-state index contributed by atoms with van der Waals surface area (Å²) in [6, 6.07) is 6.71. The number of para-hydroxylation sites is 1. The summed E-state index contributed by atoms with van der Waals surface area (Å²) in [7, 11) is -2.04. The molecule has 1 aliphatic heterocycles. The Morgan fingerprint density at radius 3 is 2.52 bits per heavy atom. The minimum absolute atomic E-state index is 0. The quantitative estimate of drug-likeness (QED) is 0.744. The highest BCUT2D eigenvalue weighted by atomic mass is 35.5. The van der Waals surface area contributed by atoms with Crippen LogP contribution in [0.5, 0.6) is 5.75 Å². The molecule has 6 nitrogen and oxygen atoms in total. The van der Waals surface area contributed by atoms with Crippen molar-refractivity contribution in [2.75, 3.05) is 33.4 Å². The van der Waals surface area contributed by atoms with Gasteiger partial charge in [0, 0.05) is 19.7 Å². The lowest BCUT2D eigenvalue weighted by Gasteiger charge is -2.31. The monoisotopic (exact) mass is 364 g/mol. The van der Waals surface area contributed by atoms with Gasteiger partial charge in [-0.25, -0.2) is 8.42 Å². The minimum atomic E-state index is -3.52. The predicted octanol–water partition coefficient (Wildman–Crippen LogP) is 1.64. The van der Waals surface area contributed by atoms with Crippen LogP contribution in [0.3, 0.4) is 0 Å². The minimum Gasteiger partial charge on any atom is -0.495 e. The molecule has 8 heteroatoms. The Hall–Kier alpha value is -0.860. The maximum Gasteiger partial charge on any atom is 0.246 e. The number of nitrogens with two attached hydrogens (primary N) is 1. The Bertz CT molecular complexity index is 575. The van der Waals surface area contributed by atoms with Gasteiger partial charge in [-0.05, 0) is 37.9 Å².